The van der Waals surface area contributed by atoms with Crippen molar-refractivity contribution in [3.63, 3.8) is 0 Å². The minimum Gasteiger partial charge on any atom is -0.550 e. The van der Waals surface area contributed by atoms with Gasteiger partial charge in [0, 0.05) is 19.5 Å². The van der Waals surface area contributed by atoms with Gasteiger partial charge in [0.1, 0.15) is 0 Å². The number of methoxy groups -OCH3 is 1. The maximum atomic E-state index is 9.57. The molecule has 0 unspecified atom stereocenters. The Morgan fingerprint density at radius 2 is 2.25 bits per heavy atom. The number of ether oxygens (including phenoxy) is 1. The summed E-state index contributed by atoms with van der Waals surface area (Å²) in [7, 11) is 1.45. The van der Waals surface area contributed by atoms with Crippen LogP contribution >= 0.6 is 0 Å². The second-order valence-corrected chi connectivity index (χ2v) is 1.11. The minimum absolute atomic E-state index is 0. The van der Waals surface area contributed by atoms with Gasteiger partial charge < -0.3 is 14.6 Å². The summed E-state index contributed by atoms with van der Waals surface area (Å²) in [6, 6.07) is 0. The van der Waals surface area contributed by atoms with Gasteiger partial charge in [-0.25, -0.2) is 0 Å². The molecule has 0 aliphatic carbocycles. The van der Waals surface area contributed by atoms with Crippen molar-refractivity contribution in [2.45, 2.75) is 6.42 Å². The molecule has 0 saturated carbocycles. The predicted molar refractivity (Wildman–Crippen MR) is 21.5 cm³/mol. The summed E-state index contributed by atoms with van der Waals surface area (Å²) in [6.45, 7) is 0.238. The summed E-state index contributed by atoms with van der Waals surface area (Å²) < 4.78 is 4.43. The molecule has 0 amide bonds. The van der Waals surface area contributed by atoms with Crippen LogP contribution in [0.2, 0.25) is 0 Å². The first kappa shape index (κ1) is 11.3. The van der Waals surface area contributed by atoms with Gasteiger partial charge >= 0.3 is 29.6 Å². The van der Waals surface area contributed by atoms with Crippen molar-refractivity contribution in [3.8, 4) is 0 Å². The number of hydrogen-bond acceptors (Lipinski definition) is 3. The Labute approximate surface area is 70.3 Å². The predicted octanol–water partition coefficient (Wildman–Crippen LogP) is -4.22. The van der Waals surface area contributed by atoms with Gasteiger partial charge in [0.25, 0.3) is 0 Å². The number of carbonyl (C=O) groups is 1. The van der Waals surface area contributed by atoms with Crippen LogP contribution in [0.15, 0.2) is 0 Å². The van der Waals surface area contributed by atoms with Gasteiger partial charge in [0.15, 0.2) is 0 Å². The summed E-state index contributed by atoms with van der Waals surface area (Å²) in [4.78, 5) is 9.57. The Morgan fingerprint density at radius 3 is 2.38 bits per heavy atom. The van der Waals surface area contributed by atoms with Crippen molar-refractivity contribution in [1.82, 2.24) is 0 Å². The first-order valence-electron chi connectivity index (χ1n) is 1.96. The molecule has 0 aromatic heterocycles. The van der Waals surface area contributed by atoms with E-state index in [9.17, 15) is 9.90 Å². The maximum Gasteiger partial charge on any atom is 1.00 e. The van der Waals surface area contributed by atoms with Crippen LogP contribution < -0.4 is 34.7 Å². The zero-order valence-electron chi connectivity index (χ0n) is 5.14. The van der Waals surface area contributed by atoms with Crippen LogP contribution in [0.5, 0.6) is 0 Å². The molecule has 4 heteroatoms. The van der Waals surface area contributed by atoms with E-state index in [1.165, 1.54) is 7.11 Å². The molecule has 3 nitrogen and oxygen atoms in total. The van der Waals surface area contributed by atoms with Crippen LogP contribution in [0.3, 0.4) is 0 Å². The number of rotatable bonds is 3. The van der Waals surface area contributed by atoms with E-state index in [4.69, 9.17) is 0 Å². The Hall–Kier alpha value is 0.430. The molecule has 0 rings (SSSR count). The molecule has 0 fully saturated rings. The van der Waals surface area contributed by atoms with Crippen LogP contribution in [0, 0.1) is 0 Å². The molecule has 0 aromatic carbocycles. The summed E-state index contributed by atoms with van der Waals surface area (Å²) >= 11 is 0. The Morgan fingerprint density at radius 1 is 1.75 bits per heavy atom. The Balaban J connectivity index is 0. The molecule has 0 aromatic rings. The fraction of sp³-hybridized carbons (Fsp3) is 0.750. The summed E-state index contributed by atoms with van der Waals surface area (Å²) in [5.74, 6) is -1.07. The Bertz CT molecular complexity index is 64.3. The zero-order chi connectivity index (χ0) is 5.70. The normalized spacial score (nSPS) is 7.62. The van der Waals surface area contributed by atoms with Gasteiger partial charge in [-0.05, 0) is 0 Å². The fourth-order valence-corrected chi connectivity index (χ4v) is 0.185. The van der Waals surface area contributed by atoms with E-state index in [0.29, 0.717) is 0 Å². The zero-order valence-corrected chi connectivity index (χ0v) is 7.14. The van der Waals surface area contributed by atoms with Crippen molar-refractivity contribution in [1.29, 1.82) is 0 Å². The molecule has 0 N–H and O–H groups in total. The Kier molecular flexibility index (Phi) is 10.5. The third-order valence-electron chi connectivity index (χ3n) is 0.510. The van der Waals surface area contributed by atoms with Crippen molar-refractivity contribution >= 4 is 5.97 Å². The number of carboxylic acids is 1. The van der Waals surface area contributed by atoms with Crippen molar-refractivity contribution in [3.05, 3.63) is 0 Å². The van der Waals surface area contributed by atoms with E-state index >= 15 is 0 Å². The van der Waals surface area contributed by atoms with Gasteiger partial charge in [0.05, 0.1) is 6.61 Å². The van der Waals surface area contributed by atoms with E-state index in [1.54, 1.807) is 0 Å². The fourth-order valence-electron chi connectivity index (χ4n) is 0.185. The molecule has 8 heavy (non-hydrogen) atoms. The van der Waals surface area contributed by atoms with Crippen LogP contribution in [0.4, 0.5) is 0 Å². The second-order valence-electron chi connectivity index (χ2n) is 1.11. The van der Waals surface area contributed by atoms with E-state index < -0.39 is 5.97 Å². The van der Waals surface area contributed by atoms with Crippen LogP contribution in [0.1, 0.15) is 6.42 Å². The third kappa shape index (κ3) is 9.66. The molecule has 0 radical (unpaired) electrons. The molecule has 42 valence electrons. The van der Waals surface area contributed by atoms with E-state index in [2.05, 4.69) is 4.74 Å². The second kappa shape index (κ2) is 7.43. The van der Waals surface area contributed by atoms with Gasteiger partial charge in [-0.2, -0.15) is 0 Å². The molecule has 0 aliphatic heterocycles. The monoisotopic (exact) mass is 126 g/mol. The first-order valence-corrected chi connectivity index (χ1v) is 1.96. The molecule has 0 bridgehead atoms. The number of hydrogen-bond donors (Lipinski definition) is 0. The maximum absolute atomic E-state index is 9.57. The number of carboxylic acid groups (broad SMARTS) is 1. The average Bonchev–Trinajstić information content (AvgIpc) is 1.61. The average molecular weight is 126 g/mol. The van der Waals surface area contributed by atoms with Gasteiger partial charge in [-0.1, -0.05) is 0 Å². The summed E-state index contributed by atoms with van der Waals surface area (Å²) in [6.07, 6.45) is -0.0174. The smallest absolute Gasteiger partial charge is 0.550 e. The minimum atomic E-state index is -1.07. The molecule has 0 atom stereocenters. The molecule has 0 saturated heterocycles. The van der Waals surface area contributed by atoms with Crippen molar-refractivity contribution in [2.24, 2.45) is 0 Å². The van der Waals surface area contributed by atoms with Gasteiger partial charge in [-0.3, -0.25) is 0 Å². The van der Waals surface area contributed by atoms with Gasteiger partial charge in [0.2, 0.25) is 0 Å². The van der Waals surface area contributed by atoms with Crippen molar-refractivity contribution < 1.29 is 44.2 Å². The molecule has 0 aliphatic rings. The van der Waals surface area contributed by atoms with Crippen molar-refractivity contribution in [2.75, 3.05) is 13.7 Å². The largest absolute Gasteiger partial charge is 1.00 e. The van der Waals surface area contributed by atoms with Crippen LogP contribution in [0.25, 0.3) is 0 Å². The molecule has 0 heterocycles. The molecular weight excluding hydrogens is 119 g/mol. The summed E-state index contributed by atoms with van der Waals surface area (Å²) in [5.41, 5.74) is 0. The number of aliphatic carboxylic acids is 1. The quantitative estimate of drug-likeness (QED) is 0.360. The van der Waals surface area contributed by atoms with Gasteiger partial charge in [-0.15, -0.1) is 0 Å². The van der Waals surface area contributed by atoms with Crippen LogP contribution in [-0.2, 0) is 9.53 Å². The van der Waals surface area contributed by atoms with E-state index in [-0.39, 0.29) is 42.6 Å². The third-order valence-corrected chi connectivity index (χ3v) is 0.510. The SMILES string of the molecule is COCCC(=O)[O-].[Na+]. The summed E-state index contributed by atoms with van der Waals surface area (Å²) in [5, 5.41) is 9.57. The topological polar surface area (TPSA) is 49.4 Å². The van der Waals surface area contributed by atoms with Crippen LogP contribution in [-0.4, -0.2) is 19.7 Å². The van der Waals surface area contributed by atoms with E-state index in [1.807, 2.05) is 0 Å². The first-order chi connectivity index (χ1) is 3.27. The molecular formula is C4H7NaO3. The van der Waals surface area contributed by atoms with E-state index in [0.717, 1.165) is 0 Å². The number of carbonyl (C=O) groups excluding carboxylic acids is 1. The standard InChI is InChI=1S/C4H8O3.Na/c1-7-3-2-4(5)6;/h2-3H2,1H3,(H,5,6);/q;+1/p-1. The molecule has 0 spiro atoms.